The Morgan fingerprint density at radius 1 is 0.533 bits per heavy atom. The highest BCUT2D eigenvalue weighted by molar-refractivity contribution is 4.74. The first-order valence-corrected chi connectivity index (χ1v) is 14.2. The van der Waals surface area contributed by atoms with Crippen molar-refractivity contribution < 1.29 is 0 Å². The number of hydrogen-bond donors (Lipinski definition) is 0. The van der Waals surface area contributed by atoms with Crippen molar-refractivity contribution in [1.29, 1.82) is 0 Å². The maximum absolute atomic E-state index is 3.61. The summed E-state index contributed by atoms with van der Waals surface area (Å²) in [6, 6.07) is 0. The van der Waals surface area contributed by atoms with Crippen molar-refractivity contribution in [2.75, 3.05) is 0 Å². The summed E-state index contributed by atoms with van der Waals surface area (Å²) in [6.07, 6.45) is 36.6. The number of hydrogen-bond acceptors (Lipinski definition) is 0. The fourth-order valence-electron chi connectivity index (χ4n) is 4.54. The third-order valence-electron chi connectivity index (χ3n) is 6.74. The molecule has 0 aromatic carbocycles. The normalized spacial score (nSPS) is 12.1. The van der Waals surface area contributed by atoms with Gasteiger partial charge in [-0.05, 0) is 24.8 Å². The highest BCUT2D eigenvalue weighted by Gasteiger charge is 2.01. The van der Waals surface area contributed by atoms with Gasteiger partial charge in [-0.25, -0.2) is 0 Å². The minimum absolute atomic E-state index is 0.963. The highest BCUT2D eigenvalue weighted by atomic mass is 14.1. The molecule has 0 radical (unpaired) electrons. The first-order chi connectivity index (χ1) is 14.8. The van der Waals surface area contributed by atoms with E-state index in [0.29, 0.717) is 0 Å². The predicted molar refractivity (Wildman–Crippen MR) is 139 cm³/mol. The molecule has 0 aromatic heterocycles. The topological polar surface area (TPSA) is 0 Å². The van der Waals surface area contributed by atoms with Crippen LogP contribution in [0.15, 0.2) is 18.4 Å². The van der Waals surface area contributed by atoms with Crippen LogP contribution in [-0.4, -0.2) is 0 Å². The molecule has 0 fully saturated rings. The Hall–Kier alpha value is -0.480. The standard InChI is InChI=1S/C30H58/c1-4-6-8-9-10-11-12-13-14-15-16-17-18-19-20-21-22-23-24-25-26-27-29-30(3)28-7-5-2/h6,30H,1,5,7-29H2,2-3H3. The van der Waals surface area contributed by atoms with Gasteiger partial charge < -0.3 is 0 Å². The van der Waals surface area contributed by atoms with E-state index < -0.39 is 0 Å². The average Bonchev–Trinajstić information content (AvgIpc) is 2.75. The molecule has 0 saturated carbocycles. The first kappa shape index (κ1) is 29.5. The molecule has 0 heteroatoms. The number of allylic oxidation sites excluding steroid dienone is 1. The van der Waals surface area contributed by atoms with Gasteiger partial charge in [-0.2, -0.15) is 0 Å². The maximum atomic E-state index is 3.61. The lowest BCUT2D eigenvalue weighted by atomic mass is 9.97. The van der Waals surface area contributed by atoms with Crippen LogP contribution in [0.1, 0.15) is 168 Å². The van der Waals surface area contributed by atoms with Crippen LogP contribution in [0.4, 0.5) is 0 Å². The van der Waals surface area contributed by atoms with Crippen LogP contribution in [0, 0.1) is 5.92 Å². The lowest BCUT2D eigenvalue weighted by Gasteiger charge is -2.10. The summed E-state index contributed by atoms with van der Waals surface area (Å²) < 4.78 is 0. The van der Waals surface area contributed by atoms with Crippen molar-refractivity contribution >= 4 is 0 Å². The molecule has 0 heterocycles. The highest BCUT2D eigenvalue weighted by Crippen LogP contribution is 2.18. The zero-order valence-corrected chi connectivity index (χ0v) is 21.3. The fraction of sp³-hybridized carbons (Fsp3) is 0.900. The van der Waals surface area contributed by atoms with Crippen molar-refractivity contribution in [2.24, 2.45) is 5.92 Å². The van der Waals surface area contributed by atoms with Gasteiger partial charge >= 0.3 is 0 Å². The minimum atomic E-state index is 0.963. The molecule has 30 heavy (non-hydrogen) atoms. The summed E-state index contributed by atoms with van der Waals surface area (Å²) in [7, 11) is 0. The van der Waals surface area contributed by atoms with Crippen LogP contribution in [0.2, 0.25) is 0 Å². The van der Waals surface area contributed by atoms with Gasteiger partial charge in [0.25, 0.3) is 0 Å². The van der Waals surface area contributed by atoms with Crippen molar-refractivity contribution in [2.45, 2.75) is 168 Å². The van der Waals surface area contributed by atoms with Gasteiger partial charge in [0.15, 0.2) is 0 Å². The van der Waals surface area contributed by atoms with Crippen LogP contribution < -0.4 is 0 Å². The fourth-order valence-corrected chi connectivity index (χ4v) is 4.54. The number of unbranched alkanes of at least 4 members (excludes halogenated alkanes) is 20. The third-order valence-corrected chi connectivity index (χ3v) is 6.74. The Bertz CT molecular complexity index is 349. The molecule has 1 unspecified atom stereocenters. The quantitative estimate of drug-likeness (QED) is 0.102. The van der Waals surface area contributed by atoms with Gasteiger partial charge in [-0.1, -0.05) is 162 Å². The predicted octanol–water partition coefficient (Wildman–Crippen LogP) is 11.3. The molecule has 0 aromatic rings. The molecule has 0 aliphatic rings. The van der Waals surface area contributed by atoms with E-state index in [2.05, 4.69) is 32.2 Å². The Morgan fingerprint density at radius 3 is 1.23 bits per heavy atom. The third kappa shape index (κ3) is 25.6. The van der Waals surface area contributed by atoms with E-state index in [1.807, 2.05) is 0 Å². The smallest absolute Gasteiger partial charge is 0.0275 e. The largest absolute Gasteiger partial charge is 0.133 e. The molecule has 0 aliphatic carbocycles. The Balaban J connectivity index is 3.06. The van der Waals surface area contributed by atoms with E-state index in [-0.39, 0.29) is 0 Å². The van der Waals surface area contributed by atoms with Gasteiger partial charge in [0.2, 0.25) is 0 Å². The maximum Gasteiger partial charge on any atom is -0.0275 e. The molecule has 0 aliphatic heterocycles. The molecule has 0 rings (SSSR count). The van der Waals surface area contributed by atoms with Gasteiger partial charge in [0, 0.05) is 0 Å². The van der Waals surface area contributed by atoms with Crippen LogP contribution in [0.5, 0.6) is 0 Å². The Labute approximate surface area is 192 Å². The molecular weight excluding hydrogens is 360 g/mol. The van der Waals surface area contributed by atoms with Crippen LogP contribution in [0.25, 0.3) is 0 Å². The molecule has 0 amide bonds. The second-order valence-corrected chi connectivity index (χ2v) is 9.95. The van der Waals surface area contributed by atoms with Crippen LogP contribution in [-0.2, 0) is 0 Å². The van der Waals surface area contributed by atoms with E-state index >= 15 is 0 Å². The molecular formula is C30H58. The van der Waals surface area contributed by atoms with Gasteiger partial charge in [0.1, 0.15) is 0 Å². The summed E-state index contributed by atoms with van der Waals surface area (Å²) in [5.41, 5.74) is 2.86. The van der Waals surface area contributed by atoms with E-state index in [4.69, 9.17) is 0 Å². The van der Waals surface area contributed by atoms with Crippen LogP contribution >= 0.6 is 0 Å². The second-order valence-electron chi connectivity index (χ2n) is 9.95. The first-order valence-electron chi connectivity index (χ1n) is 14.2. The molecule has 0 bridgehead atoms. The van der Waals surface area contributed by atoms with E-state index in [1.54, 1.807) is 0 Å². The summed E-state index contributed by atoms with van der Waals surface area (Å²) in [4.78, 5) is 0. The van der Waals surface area contributed by atoms with Crippen molar-refractivity contribution in [3.8, 4) is 0 Å². The summed E-state index contributed by atoms with van der Waals surface area (Å²) in [5.74, 6) is 0.963. The summed E-state index contributed by atoms with van der Waals surface area (Å²) in [5, 5.41) is 0. The zero-order chi connectivity index (χ0) is 22.0. The number of rotatable bonds is 25. The molecule has 0 N–H and O–H groups in total. The van der Waals surface area contributed by atoms with Crippen molar-refractivity contribution in [1.82, 2.24) is 0 Å². The van der Waals surface area contributed by atoms with Crippen molar-refractivity contribution in [3.63, 3.8) is 0 Å². The van der Waals surface area contributed by atoms with E-state index in [1.165, 1.54) is 154 Å². The zero-order valence-electron chi connectivity index (χ0n) is 21.3. The van der Waals surface area contributed by atoms with Gasteiger partial charge in [-0.15, -0.1) is 5.73 Å². The summed E-state index contributed by atoms with van der Waals surface area (Å²) in [6.45, 7) is 8.37. The lowest BCUT2D eigenvalue weighted by Crippen LogP contribution is -1.94. The monoisotopic (exact) mass is 418 g/mol. The van der Waals surface area contributed by atoms with Crippen LogP contribution in [0.3, 0.4) is 0 Å². The molecule has 0 nitrogen and oxygen atoms in total. The Kier molecular flexibility index (Phi) is 26.1. The molecule has 178 valence electrons. The lowest BCUT2D eigenvalue weighted by molar-refractivity contribution is 0.440. The van der Waals surface area contributed by atoms with Crippen molar-refractivity contribution in [3.05, 3.63) is 18.4 Å². The minimum Gasteiger partial charge on any atom is -0.133 e. The molecule has 0 saturated heterocycles. The van der Waals surface area contributed by atoms with E-state index in [0.717, 1.165) is 5.92 Å². The van der Waals surface area contributed by atoms with Gasteiger partial charge in [-0.3, -0.25) is 0 Å². The van der Waals surface area contributed by atoms with E-state index in [9.17, 15) is 0 Å². The molecule has 1 atom stereocenters. The Morgan fingerprint density at radius 2 is 0.867 bits per heavy atom. The second kappa shape index (κ2) is 26.6. The molecule has 0 spiro atoms. The van der Waals surface area contributed by atoms with Gasteiger partial charge in [0.05, 0.1) is 0 Å². The average molecular weight is 419 g/mol. The SMILES string of the molecule is C=C=CCCCCCCCCCCCCCCCCCCCCCC(C)CCCC. The summed E-state index contributed by atoms with van der Waals surface area (Å²) >= 11 is 0.